The first kappa shape index (κ1) is 20.3. The van der Waals surface area contributed by atoms with E-state index in [1.165, 1.54) is 35.7 Å². The predicted molar refractivity (Wildman–Crippen MR) is 104 cm³/mol. The van der Waals surface area contributed by atoms with E-state index >= 15 is 0 Å². The number of aromatic nitrogens is 1. The number of nitrogens with zero attached hydrogens (tertiary/aromatic N) is 1. The molecule has 0 radical (unpaired) electrons. The summed E-state index contributed by atoms with van der Waals surface area (Å²) in [7, 11) is 0. The number of benzene rings is 1. The van der Waals surface area contributed by atoms with Crippen LogP contribution in [0.2, 0.25) is 0 Å². The fourth-order valence-corrected chi connectivity index (χ4v) is 2.97. The first-order chi connectivity index (χ1) is 13.8. The molecule has 2 N–H and O–H groups in total. The number of nitrogens with one attached hydrogen (secondary N) is 2. The van der Waals surface area contributed by atoms with Crippen LogP contribution in [0.4, 0.5) is 18.9 Å². The van der Waals surface area contributed by atoms with E-state index in [1.807, 2.05) is 0 Å². The van der Waals surface area contributed by atoms with Gasteiger partial charge < -0.3 is 10.6 Å². The van der Waals surface area contributed by atoms with Gasteiger partial charge in [-0.25, -0.2) is 0 Å². The van der Waals surface area contributed by atoms with Crippen molar-refractivity contribution < 1.29 is 22.8 Å². The molecule has 3 aromatic rings. The van der Waals surface area contributed by atoms with Gasteiger partial charge in [-0.3, -0.25) is 14.6 Å². The number of thiophene rings is 1. The molecule has 5 nitrogen and oxygen atoms in total. The van der Waals surface area contributed by atoms with Gasteiger partial charge >= 0.3 is 6.18 Å². The van der Waals surface area contributed by atoms with E-state index in [1.54, 1.807) is 35.8 Å². The number of carbonyl (C=O) groups excluding carboxylic acids is 2. The van der Waals surface area contributed by atoms with E-state index < -0.39 is 23.6 Å². The third-order valence-corrected chi connectivity index (χ3v) is 4.55. The molecule has 2 amide bonds. The molecule has 0 aliphatic heterocycles. The van der Waals surface area contributed by atoms with Crippen LogP contribution in [0.5, 0.6) is 0 Å². The Labute approximate surface area is 167 Å². The molecule has 0 aliphatic rings. The second-order valence-electron chi connectivity index (χ2n) is 5.81. The topological polar surface area (TPSA) is 71.1 Å². The lowest BCUT2D eigenvalue weighted by molar-refractivity contribution is -0.137. The molecule has 0 bridgehead atoms. The van der Waals surface area contributed by atoms with Crippen LogP contribution in [-0.2, 0) is 11.0 Å². The summed E-state index contributed by atoms with van der Waals surface area (Å²) < 4.78 is 38.7. The number of rotatable bonds is 5. The zero-order chi connectivity index (χ0) is 20.9. The van der Waals surface area contributed by atoms with Crippen molar-refractivity contribution >= 4 is 34.9 Å². The Balaban J connectivity index is 1.86. The number of carbonyl (C=O) groups is 2. The van der Waals surface area contributed by atoms with E-state index in [4.69, 9.17) is 0 Å². The average molecular weight is 417 g/mol. The Hall–Kier alpha value is -3.46. The van der Waals surface area contributed by atoms with Crippen LogP contribution >= 0.6 is 11.3 Å². The Morgan fingerprint density at radius 1 is 1.07 bits per heavy atom. The van der Waals surface area contributed by atoms with Crippen molar-refractivity contribution in [3.63, 3.8) is 0 Å². The normalized spacial score (nSPS) is 11.8. The fraction of sp³-hybridized carbons (Fsp3) is 0.0500. The molecule has 29 heavy (non-hydrogen) atoms. The Bertz CT molecular complexity index is 1030. The van der Waals surface area contributed by atoms with Crippen molar-refractivity contribution in [1.82, 2.24) is 10.3 Å². The van der Waals surface area contributed by atoms with E-state index in [-0.39, 0.29) is 11.4 Å². The standard InChI is InChI=1S/C20H14F3N3O2S/c21-20(22,23)14-5-1-6-15(11-14)25-18(27)16(10-13-4-2-8-24-12-13)26-19(28)17-7-3-9-29-17/h1-12H,(H,25,27)(H,26,28)/b16-10-. The van der Waals surface area contributed by atoms with E-state index in [9.17, 15) is 22.8 Å². The molecule has 0 aliphatic carbocycles. The molecule has 3 rings (SSSR count). The van der Waals surface area contributed by atoms with Gasteiger partial charge in [-0.15, -0.1) is 11.3 Å². The van der Waals surface area contributed by atoms with Crippen LogP contribution in [-0.4, -0.2) is 16.8 Å². The first-order valence-corrected chi connectivity index (χ1v) is 9.16. The molecule has 2 heterocycles. The molecular weight excluding hydrogens is 403 g/mol. The minimum atomic E-state index is -4.54. The molecule has 0 saturated heterocycles. The number of halogens is 3. The van der Waals surface area contributed by atoms with Gasteiger partial charge in [0, 0.05) is 18.1 Å². The second kappa shape index (κ2) is 8.70. The minimum absolute atomic E-state index is 0.0488. The van der Waals surface area contributed by atoms with Crippen molar-refractivity contribution in [2.45, 2.75) is 6.18 Å². The van der Waals surface area contributed by atoms with Crippen LogP contribution in [0.25, 0.3) is 6.08 Å². The molecule has 1 aromatic carbocycles. The molecular formula is C20H14F3N3O2S. The summed E-state index contributed by atoms with van der Waals surface area (Å²) >= 11 is 1.19. The molecule has 0 spiro atoms. The maximum atomic E-state index is 12.9. The Kier molecular flexibility index (Phi) is 6.08. The summed E-state index contributed by atoms with van der Waals surface area (Å²) in [5, 5.41) is 6.60. The van der Waals surface area contributed by atoms with Gasteiger partial charge in [-0.1, -0.05) is 18.2 Å². The molecule has 0 saturated carbocycles. The zero-order valence-corrected chi connectivity index (χ0v) is 15.6. The van der Waals surface area contributed by atoms with Crippen molar-refractivity contribution in [2.75, 3.05) is 5.32 Å². The highest BCUT2D eigenvalue weighted by Gasteiger charge is 2.30. The summed E-state index contributed by atoms with van der Waals surface area (Å²) in [6.07, 6.45) is -0.122. The van der Waals surface area contributed by atoms with Gasteiger partial charge in [-0.05, 0) is 47.4 Å². The van der Waals surface area contributed by atoms with Gasteiger partial charge in [0.1, 0.15) is 5.70 Å². The van der Waals surface area contributed by atoms with Crippen LogP contribution in [0.1, 0.15) is 20.8 Å². The number of hydrogen-bond acceptors (Lipinski definition) is 4. The summed E-state index contributed by atoms with van der Waals surface area (Å²) in [4.78, 5) is 29.4. The SMILES string of the molecule is O=C(Nc1cccc(C(F)(F)F)c1)/C(=C/c1cccnc1)NC(=O)c1cccs1. The van der Waals surface area contributed by atoms with Gasteiger partial charge in [-0.2, -0.15) is 13.2 Å². The lowest BCUT2D eigenvalue weighted by Crippen LogP contribution is -2.30. The fourth-order valence-electron chi connectivity index (χ4n) is 2.35. The molecule has 0 atom stereocenters. The Morgan fingerprint density at radius 2 is 1.90 bits per heavy atom. The summed E-state index contributed by atoms with van der Waals surface area (Å²) in [6.45, 7) is 0. The van der Waals surface area contributed by atoms with E-state index in [2.05, 4.69) is 15.6 Å². The molecule has 2 aromatic heterocycles. The predicted octanol–water partition coefficient (Wildman–Crippen LogP) is 4.57. The third-order valence-electron chi connectivity index (χ3n) is 3.68. The molecule has 0 unspecified atom stereocenters. The van der Waals surface area contributed by atoms with Crippen molar-refractivity contribution in [3.8, 4) is 0 Å². The molecule has 9 heteroatoms. The zero-order valence-electron chi connectivity index (χ0n) is 14.7. The summed E-state index contributed by atoms with van der Waals surface area (Å²) in [5.74, 6) is -1.27. The van der Waals surface area contributed by atoms with Gasteiger partial charge in [0.15, 0.2) is 0 Å². The minimum Gasteiger partial charge on any atom is -0.321 e. The Morgan fingerprint density at radius 3 is 2.55 bits per heavy atom. The number of hydrogen-bond donors (Lipinski definition) is 2. The van der Waals surface area contributed by atoms with Crippen LogP contribution in [0.15, 0.2) is 72.0 Å². The molecule has 0 fully saturated rings. The van der Waals surface area contributed by atoms with Gasteiger partial charge in [0.05, 0.1) is 10.4 Å². The van der Waals surface area contributed by atoms with Gasteiger partial charge in [0.25, 0.3) is 11.8 Å². The third kappa shape index (κ3) is 5.52. The summed E-state index contributed by atoms with van der Waals surface area (Å²) in [6, 6.07) is 10.8. The second-order valence-corrected chi connectivity index (χ2v) is 6.76. The van der Waals surface area contributed by atoms with E-state index in [0.717, 1.165) is 12.1 Å². The molecule has 148 valence electrons. The summed E-state index contributed by atoms with van der Waals surface area (Å²) in [5.41, 5.74) is -0.537. The smallest absolute Gasteiger partial charge is 0.321 e. The number of amides is 2. The number of anilines is 1. The number of pyridine rings is 1. The average Bonchev–Trinajstić information content (AvgIpc) is 3.23. The maximum absolute atomic E-state index is 12.9. The van der Waals surface area contributed by atoms with Crippen molar-refractivity contribution in [3.05, 3.63) is 88.0 Å². The first-order valence-electron chi connectivity index (χ1n) is 8.28. The van der Waals surface area contributed by atoms with E-state index in [0.29, 0.717) is 10.4 Å². The van der Waals surface area contributed by atoms with Crippen molar-refractivity contribution in [2.24, 2.45) is 0 Å². The van der Waals surface area contributed by atoms with Gasteiger partial charge in [0.2, 0.25) is 0 Å². The highest BCUT2D eigenvalue weighted by atomic mass is 32.1. The van der Waals surface area contributed by atoms with Crippen molar-refractivity contribution in [1.29, 1.82) is 0 Å². The lowest BCUT2D eigenvalue weighted by Gasteiger charge is -2.12. The van der Waals surface area contributed by atoms with Crippen LogP contribution < -0.4 is 10.6 Å². The highest BCUT2D eigenvalue weighted by Crippen LogP contribution is 2.30. The van der Waals surface area contributed by atoms with Crippen LogP contribution in [0.3, 0.4) is 0 Å². The highest BCUT2D eigenvalue weighted by molar-refractivity contribution is 7.12. The van der Waals surface area contributed by atoms with Crippen LogP contribution in [0, 0.1) is 0 Å². The maximum Gasteiger partial charge on any atom is 0.416 e. The quantitative estimate of drug-likeness (QED) is 0.598. The largest absolute Gasteiger partial charge is 0.416 e. The lowest BCUT2D eigenvalue weighted by atomic mass is 10.2. The number of alkyl halides is 3. The monoisotopic (exact) mass is 417 g/mol.